The van der Waals surface area contributed by atoms with Crippen LogP contribution in [0.5, 0.6) is 0 Å². The third-order valence-electron chi connectivity index (χ3n) is 3.89. The van der Waals surface area contributed by atoms with E-state index in [-0.39, 0.29) is 17.6 Å². The maximum absolute atomic E-state index is 13.4. The second-order valence-electron chi connectivity index (χ2n) is 5.65. The molecule has 3 nitrogen and oxygen atoms in total. The summed E-state index contributed by atoms with van der Waals surface area (Å²) in [4.78, 5) is 13.9. The highest BCUT2D eigenvalue weighted by atomic mass is 19.4. The Labute approximate surface area is 126 Å². The Kier molecular flexibility index (Phi) is 4.75. The molecule has 7 heteroatoms. The number of alkyl halides is 3. The van der Waals surface area contributed by atoms with Gasteiger partial charge in [0.1, 0.15) is 5.82 Å². The number of piperidine rings is 1. The van der Waals surface area contributed by atoms with E-state index in [0.29, 0.717) is 25.1 Å². The highest BCUT2D eigenvalue weighted by Gasteiger charge is 2.34. The molecule has 0 unspecified atom stereocenters. The molecule has 0 radical (unpaired) electrons. The maximum atomic E-state index is 13.4. The minimum Gasteiger partial charge on any atom is -0.334 e. The Bertz CT molecular complexity index is 557. The molecule has 1 aromatic carbocycles. The van der Waals surface area contributed by atoms with Crippen molar-refractivity contribution in [2.45, 2.75) is 44.4 Å². The van der Waals surface area contributed by atoms with Crippen molar-refractivity contribution in [1.82, 2.24) is 4.90 Å². The van der Waals surface area contributed by atoms with Gasteiger partial charge in [0.15, 0.2) is 0 Å². The van der Waals surface area contributed by atoms with Crippen LogP contribution in [-0.4, -0.2) is 29.4 Å². The SMILES string of the molecule is C[C@@H](N)[C@H]1CCCCN1C(=O)c1cc(F)cc(C(F)(F)F)c1. The van der Waals surface area contributed by atoms with E-state index in [9.17, 15) is 22.4 Å². The van der Waals surface area contributed by atoms with E-state index in [1.165, 1.54) is 4.90 Å². The monoisotopic (exact) mass is 318 g/mol. The molecule has 1 heterocycles. The second kappa shape index (κ2) is 6.24. The van der Waals surface area contributed by atoms with Gasteiger partial charge in [-0.2, -0.15) is 13.2 Å². The molecule has 1 aliphatic rings. The Morgan fingerprint density at radius 1 is 1.32 bits per heavy atom. The van der Waals surface area contributed by atoms with Crippen molar-refractivity contribution in [2.24, 2.45) is 5.73 Å². The molecule has 2 N–H and O–H groups in total. The van der Waals surface area contributed by atoms with Crippen LogP contribution in [0.2, 0.25) is 0 Å². The maximum Gasteiger partial charge on any atom is 0.416 e. The van der Waals surface area contributed by atoms with Crippen LogP contribution in [0.3, 0.4) is 0 Å². The molecule has 1 aliphatic heterocycles. The molecule has 122 valence electrons. The zero-order valence-corrected chi connectivity index (χ0v) is 12.2. The first-order valence-corrected chi connectivity index (χ1v) is 7.14. The molecule has 22 heavy (non-hydrogen) atoms. The van der Waals surface area contributed by atoms with E-state index >= 15 is 0 Å². The van der Waals surface area contributed by atoms with Crippen molar-refractivity contribution >= 4 is 5.91 Å². The number of benzene rings is 1. The number of nitrogens with two attached hydrogens (primary N) is 1. The highest BCUT2D eigenvalue weighted by Crippen LogP contribution is 2.31. The van der Waals surface area contributed by atoms with E-state index in [1.807, 2.05) is 0 Å². The minimum atomic E-state index is -4.69. The minimum absolute atomic E-state index is 0.237. The van der Waals surface area contributed by atoms with Crippen LogP contribution in [0, 0.1) is 5.82 Å². The van der Waals surface area contributed by atoms with E-state index in [2.05, 4.69) is 0 Å². The second-order valence-corrected chi connectivity index (χ2v) is 5.65. The lowest BCUT2D eigenvalue weighted by Gasteiger charge is -2.38. The fourth-order valence-corrected chi connectivity index (χ4v) is 2.80. The fourth-order valence-electron chi connectivity index (χ4n) is 2.80. The molecule has 1 saturated heterocycles. The summed E-state index contributed by atoms with van der Waals surface area (Å²) in [6, 6.07) is 1.39. The lowest BCUT2D eigenvalue weighted by molar-refractivity contribution is -0.137. The number of rotatable bonds is 2. The Morgan fingerprint density at radius 2 is 2.00 bits per heavy atom. The topological polar surface area (TPSA) is 46.3 Å². The highest BCUT2D eigenvalue weighted by molar-refractivity contribution is 5.94. The summed E-state index contributed by atoms with van der Waals surface area (Å²) in [6.45, 7) is 2.17. The van der Waals surface area contributed by atoms with Crippen molar-refractivity contribution in [3.8, 4) is 0 Å². The van der Waals surface area contributed by atoms with Gasteiger partial charge in [-0.05, 0) is 44.4 Å². The summed E-state index contributed by atoms with van der Waals surface area (Å²) in [7, 11) is 0. The lowest BCUT2D eigenvalue weighted by atomic mass is 9.95. The van der Waals surface area contributed by atoms with E-state index < -0.39 is 23.5 Å². The van der Waals surface area contributed by atoms with E-state index in [4.69, 9.17) is 5.73 Å². The van der Waals surface area contributed by atoms with Gasteiger partial charge in [-0.15, -0.1) is 0 Å². The van der Waals surface area contributed by atoms with E-state index in [1.54, 1.807) is 6.92 Å². The van der Waals surface area contributed by atoms with Gasteiger partial charge in [-0.25, -0.2) is 4.39 Å². The number of amides is 1. The molecule has 1 fully saturated rings. The Hall–Kier alpha value is -1.63. The average Bonchev–Trinajstić information content (AvgIpc) is 2.45. The van der Waals surface area contributed by atoms with Crippen molar-refractivity contribution in [3.05, 3.63) is 35.1 Å². The van der Waals surface area contributed by atoms with Gasteiger partial charge in [0.2, 0.25) is 0 Å². The standard InChI is InChI=1S/C15H18F4N2O/c1-9(20)13-4-2-3-5-21(13)14(22)10-6-11(15(17,18)19)8-12(16)7-10/h6-9,13H,2-5,20H2,1H3/t9-,13-/m1/s1. The smallest absolute Gasteiger partial charge is 0.334 e. The third kappa shape index (κ3) is 3.58. The predicted molar refractivity (Wildman–Crippen MR) is 73.7 cm³/mol. The summed E-state index contributed by atoms with van der Waals surface area (Å²) in [5.41, 5.74) is 4.40. The van der Waals surface area contributed by atoms with Gasteiger partial charge in [0.05, 0.1) is 5.56 Å². The van der Waals surface area contributed by atoms with Crippen molar-refractivity contribution in [1.29, 1.82) is 0 Å². The zero-order valence-electron chi connectivity index (χ0n) is 12.2. The van der Waals surface area contributed by atoms with Crippen LogP contribution in [0.25, 0.3) is 0 Å². The van der Waals surface area contributed by atoms with Crippen LogP contribution in [0.4, 0.5) is 17.6 Å². The summed E-state index contributed by atoms with van der Waals surface area (Å²) in [5.74, 6) is -1.68. The molecular formula is C15H18F4N2O. The molecular weight excluding hydrogens is 300 g/mol. The van der Waals surface area contributed by atoms with Crippen molar-refractivity contribution in [2.75, 3.05) is 6.54 Å². The van der Waals surface area contributed by atoms with Gasteiger partial charge < -0.3 is 10.6 Å². The molecule has 1 aromatic rings. The quantitative estimate of drug-likeness (QED) is 0.851. The van der Waals surface area contributed by atoms with Gasteiger partial charge >= 0.3 is 6.18 Å². The van der Waals surface area contributed by atoms with Gasteiger partial charge in [0.25, 0.3) is 5.91 Å². The molecule has 0 aliphatic carbocycles. The van der Waals surface area contributed by atoms with Gasteiger partial charge in [0, 0.05) is 24.2 Å². The largest absolute Gasteiger partial charge is 0.416 e. The molecule has 2 rings (SSSR count). The number of carbonyl (C=O) groups excluding carboxylic acids is 1. The van der Waals surface area contributed by atoms with Crippen molar-refractivity contribution in [3.63, 3.8) is 0 Å². The molecule has 0 spiro atoms. The molecule has 2 atom stereocenters. The normalized spacial score (nSPS) is 20.8. The predicted octanol–water partition coefficient (Wildman–Crippen LogP) is 3.19. The average molecular weight is 318 g/mol. The zero-order chi connectivity index (χ0) is 16.5. The first kappa shape index (κ1) is 16.7. The van der Waals surface area contributed by atoms with Gasteiger partial charge in [-0.1, -0.05) is 0 Å². The van der Waals surface area contributed by atoms with Crippen LogP contribution in [0.15, 0.2) is 18.2 Å². The fraction of sp³-hybridized carbons (Fsp3) is 0.533. The third-order valence-corrected chi connectivity index (χ3v) is 3.89. The number of hydrogen-bond donors (Lipinski definition) is 1. The first-order valence-electron chi connectivity index (χ1n) is 7.14. The van der Waals surface area contributed by atoms with Crippen molar-refractivity contribution < 1.29 is 22.4 Å². The first-order chi connectivity index (χ1) is 10.2. The number of hydrogen-bond acceptors (Lipinski definition) is 2. The van der Waals surface area contributed by atoms with E-state index in [0.717, 1.165) is 18.9 Å². The Balaban J connectivity index is 2.34. The number of nitrogens with zero attached hydrogens (tertiary/aromatic N) is 1. The Morgan fingerprint density at radius 3 is 2.59 bits per heavy atom. The van der Waals surface area contributed by atoms with Crippen LogP contribution in [-0.2, 0) is 6.18 Å². The molecule has 0 saturated carbocycles. The summed E-state index contributed by atoms with van der Waals surface area (Å²) >= 11 is 0. The van der Waals surface area contributed by atoms with Crippen LogP contribution < -0.4 is 5.73 Å². The van der Waals surface area contributed by atoms with Gasteiger partial charge in [-0.3, -0.25) is 4.79 Å². The number of carbonyl (C=O) groups is 1. The number of likely N-dealkylation sites (tertiary alicyclic amines) is 1. The summed E-state index contributed by atoms with van der Waals surface area (Å²) in [5, 5.41) is 0. The summed E-state index contributed by atoms with van der Waals surface area (Å²) < 4.78 is 51.7. The lowest BCUT2D eigenvalue weighted by Crippen LogP contribution is -2.51. The molecule has 1 amide bonds. The summed E-state index contributed by atoms with van der Waals surface area (Å²) in [6.07, 6.45) is -2.33. The van der Waals surface area contributed by atoms with Crippen LogP contribution >= 0.6 is 0 Å². The molecule has 0 aromatic heterocycles. The van der Waals surface area contributed by atoms with Crippen LogP contribution in [0.1, 0.15) is 42.1 Å². The number of halogens is 4. The molecule has 0 bridgehead atoms.